The maximum atomic E-state index is 12.8. The highest BCUT2D eigenvalue weighted by atomic mass is 32.2. The van der Waals surface area contributed by atoms with Gasteiger partial charge in [0.15, 0.2) is 0 Å². The normalized spacial score (nSPS) is 18.5. The smallest absolute Gasteiger partial charge is 0.282 e. The minimum atomic E-state index is -3.47. The molecule has 1 saturated heterocycles. The lowest BCUT2D eigenvalue weighted by Crippen LogP contribution is -2.49. The second-order valence-electron chi connectivity index (χ2n) is 6.54. The first-order valence-corrected chi connectivity index (χ1v) is 11.0. The van der Waals surface area contributed by atoms with Gasteiger partial charge in [-0.25, -0.2) is 0 Å². The van der Waals surface area contributed by atoms with Gasteiger partial charge in [-0.2, -0.15) is 22.1 Å². The van der Waals surface area contributed by atoms with Crippen LogP contribution in [0.2, 0.25) is 0 Å². The van der Waals surface area contributed by atoms with Crippen LogP contribution in [0.3, 0.4) is 0 Å². The number of hydrogen-bond donors (Lipinski definition) is 1. The van der Waals surface area contributed by atoms with Crippen LogP contribution in [0.4, 0.5) is 0 Å². The van der Waals surface area contributed by atoms with Gasteiger partial charge in [0, 0.05) is 38.3 Å². The van der Waals surface area contributed by atoms with Crippen LogP contribution in [0.25, 0.3) is 0 Å². The number of H-pyrrole nitrogens is 1. The molecule has 0 radical (unpaired) electrons. The summed E-state index contributed by atoms with van der Waals surface area (Å²) in [6, 6.07) is 11.6. The summed E-state index contributed by atoms with van der Waals surface area (Å²) in [5, 5.41) is 7.33. The van der Waals surface area contributed by atoms with E-state index in [1.807, 2.05) is 50.2 Å². The van der Waals surface area contributed by atoms with Crippen molar-refractivity contribution in [2.75, 3.05) is 39.4 Å². The number of hydrogen-bond acceptors (Lipinski definition) is 5. The molecule has 8 nitrogen and oxygen atoms in total. The van der Waals surface area contributed by atoms with Crippen LogP contribution in [0.1, 0.15) is 31.3 Å². The quantitative estimate of drug-likeness (QED) is 0.686. The fourth-order valence-electron chi connectivity index (χ4n) is 3.20. The molecule has 9 heteroatoms. The number of aromatic nitrogens is 2. The molecule has 1 atom stereocenters. The van der Waals surface area contributed by atoms with Crippen LogP contribution in [0.5, 0.6) is 5.75 Å². The molecule has 2 aromatic rings. The summed E-state index contributed by atoms with van der Waals surface area (Å²) >= 11 is 0. The SMILES string of the molecule is CCN(CC)S(=O)(=O)N1CCO[C@@H](c2cc(CCOc3ccccc3)[nH]n2)C1. The summed E-state index contributed by atoms with van der Waals surface area (Å²) in [4.78, 5) is 0. The number of ether oxygens (including phenoxy) is 2. The monoisotopic (exact) mass is 408 g/mol. The molecule has 1 fully saturated rings. The Morgan fingerprint density at radius 3 is 2.75 bits per heavy atom. The molecule has 1 aromatic carbocycles. The van der Waals surface area contributed by atoms with Crippen molar-refractivity contribution in [1.29, 1.82) is 0 Å². The molecule has 2 heterocycles. The highest BCUT2D eigenvalue weighted by Gasteiger charge is 2.34. The van der Waals surface area contributed by atoms with Gasteiger partial charge in [-0.1, -0.05) is 32.0 Å². The van der Waals surface area contributed by atoms with Crippen molar-refractivity contribution in [2.24, 2.45) is 0 Å². The Balaban J connectivity index is 1.58. The molecule has 28 heavy (non-hydrogen) atoms. The summed E-state index contributed by atoms with van der Waals surface area (Å²) < 4.78 is 40.0. The van der Waals surface area contributed by atoms with Crippen LogP contribution in [0.15, 0.2) is 36.4 Å². The molecule has 0 unspecified atom stereocenters. The standard InChI is InChI=1S/C19H28N4O4S/c1-3-22(4-2)28(24,25)23-11-13-27-19(15-23)18-14-16(20-21-18)10-12-26-17-8-6-5-7-9-17/h5-9,14,19H,3-4,10-13,15H2,1-2H3,(H,20,21)/t19-/m1/s1. The molecule has 0 aliphatic carbocycles. The average molecular weight is 409 g/mol. The predicted octanol–water partition coefficient (Wildman–Crippen LogP) is 1.99. The van der Waals surface area contributed by atoms with Gasteiger partial charge in [0.1, 0.15) is 11.9 Å². The van der Waals surface area contributed by atoms with Gasteiger partial charge in [-0.15, -0.1) is 0 Å². The van der Waals surface area contributed by atoms with E-state index in [1.165, 1.54) is 8.61 Å². The summed E-state index contributed by atoms with van der Waals surface area (Å²) in [5.74, 6) is 0.829. The Hall–Kier alpha value is -1.94. The molecule has 3 rings (SSSR count). The summed E-state index contributed by atoms with van der Waals surface area (Å²) in [7, 11) is -3.47. The van der Waals surface area contributed by atoms with E-state index in [0.29, 0.717) is 45.0 Å². The molecule has 154 valence electrons. The molecule has 1 aromatic heterocycles. The van der Waals surface area contributed by atoms with Crippen molar-refractivity contribution in [3.8, 4) is 5.75 Å². The van der Waals surface area contributed by atoms with Crippen molar-refractivity contribution < 1.29 is 17.9 Å². The third-order valence-electron chi connectivity index (χ3n) is 4.75. The minimum Gasteiger partial charge on any atom is -0.493 e. The maximum absolute atomic E-state index is 12.8. The summed E-state index contributed by atoms with van der Waals surface area (Å²) in [5.41, 5.74) is 1.65. The van der Waals surface area contributed by atoms with E-state index in [9.17, 15) is 8.42 Å². The average Bonchev–Trinajstić information content (AvgIpc) is 3.19. The van der Waals surface area contributed by atoms with Gasteiger partial charge < -0.3 is 9.47 Å². The highest BCUT2D eigenvalue weighted by molar-refractivity contribution is 7.86. The van der Waals surface area contributed by atoms with E-state index < -0.39 is 10.2 Å². The van der Waals surface area contributed by atoms with Crippen LogP contribution >= 0.6 is 0 Å². The highest BCUT2D eigenvalue weighted by Crippen LogP contribution is 2.24. The first-order chi connectivity index (χ1) is 13.5. The molecule has 1 aliphatic rings. The lowest BCUT2D eigenvalue weighted by Gasteiger charge is -2.34. The van der Waals surface area contributed by atoms with Gasteiger partial charge in [0.05, 0.1) is 18.9 Å². The number of aromatic amines is 1. The molecule has 0 saturated carbocycles. The fourth-order valence-corrected chi connectivity index (χ4v) is 4.80. The molecule has 0 amide bonds. The third-order valence-corrected chi connectivity index (χ3v) is 6.90. The second-order valence-corrected chi connectivity index (χ2v) is 8.47. The Morgan fingerprint density at radius 2 is 2.04 bits per heavy atom. The first kappa shape index (κ1) is 20.8. The number of rotatable bonds is 9. The minimum absolute atomic E-state index is 0.268. The molecule has 1 N–H and O–H groups in total. The van der Waals surface area contributed by atoms with Gasteiger partial charge >= 0.3 is 0 Å². The topological polar surface area (TPSA) is 87.8 Å². The zero-order valence-corrected chi connectivity index (χ0v) is 17.2. The van der Waals surface area contributed by atoms with E-state index in [-0.39, 0.29) is 12.6 Å². The lowest BCUT2D eigenvalue weighted by atomic mass is 10.2. The number of nitrogens with one attached hydrogen (secondary N) is 1. The van der Waals surface area contributed by atoms with Crippen LogP contribution < -0.4 is 4.74 Å². The number of nitrogens with zero attached hydrogens (tertiary/aromatic N) is 3. The first-order valence-electron chi connectivity index (χ1n) is 9.63. The molecule has 0 bridgehead atoms. The van der Waals surface area contributed by atoms with Crippen LogP contribution in [0, 0.1) is 0 Å². The largest absolute Gasteiger partial charge is 0.493 e. The van der Waals surface area contributed by atoms with Gasteiger partial charge in [0.25, 0.3) is 10.2 Å². The van der Waals surface area contributed by atoms with E-state index in [1.54, 1.807) is 0 Å². The van der Waals surface area contributed by atoms with Crippen LogP contribution in [-0.4, -0.2) is 66.6 Å². The molecular formula is C19H28N4O4S. The number of para-hydroxylation sites is 1. The number of benzene rings is 1. The zero-order chi connectivity index (χ0) is 20.0. The summed E-state index contributed by atoms with van der Waals surface area (Å²) in [6.45, 7) is 6.10. The van der Waals surface area contributed by atoms with Crippen molar-refractivity contribution in [2.45, 2.75) is 26.4 Å². The second kappa shape index (κ2) is 9.51. The predicted molar refractivity (Wildman–Crippen MR) is 106 cm³/mol. The van der Waals surface area contributed by atoms with E-state index >= 15 is 0 Å². The number of morpholine rings is 1. The van der Waals surface area contributed by atoms with Crippen molar-refractivity contribution >= 4 is 10.2 Å². The van der Waals surface area contributed by atoms with Crippen LogP contribution in [-0.2, 0) is 21.4 Å². The van der Waals surface area contributed by atoms with Crippen molar-refractivity contribution in [3.63, 3.8) is 0 Å². The Labute approximate surface area is 166 Å². The Morgan fingerprint density at radius 1 is 1.29 bits per heavy atom. The van der Waals surface area contributed by atoms with E-state index in [0.717, 1.165) is 11.4 Å². The van der Waals surface area contributed by atoms with Crippen molar-refractivity contribution in [3.05, 3.63) is 47.8 Å². The Kier molecular flexibility index (Phi) is 7.06. The van der Waals surface area contributed by atoms with E-state index in [2.05, 4.69) is 10.2 Å². The van der Waals surface area contributed by atoms with E-state index in [4.69, 9.17) is 9.47 Å². The molecule has 1 aliphatic heterocycles. The zero-order valence-electron chi connectivity index (χ0n) is 16.4. The summed E-state index contributed by atoms with van der Waals surface area (Å²) in [6.07, 6.45) is 0.301. The fraction of sp³-hybridized carbons (Fsp3) is 0.526. The van der Waals surface area contributed by atoms with Gasteiger partial charge in [-0.3, -0.25) is 5.10 Å². The third kappa shape index (κ3) is 4.91. The lowest BCUT2D eigenvalue weighted by molar-refractivity contribution is -0.00661. The van der Waals surface area contributed by atoms with Crippen molar-refractivity contribution in [1.82, 2.24) is 18.8 Å². The molecule has 0 spiro atoms. The molecular weight excluding hydrogens is 380 g/mol. The maximum Gasteiger partial charge on any atom is 0.282 e. The van der Waals surface area contributed by atoms with Gasteiger partial charge in [-0.05, 0) is 18.2 Å². The Bertz CT molecular complexity index is 837. The van der Waals surface area contributed by atoms with Gasteiger partial charge in [0.2, 0.25) is 0 Å².